The number of likely N-dealkylation sites (N-methyl/N-ethyl adjacent to an activating group) is 1. The first-order valence-electron chi connectivity index (χ1n) is 10.9. The number of Topliss-reactive ketones (excluding diaryl/α,β-unsaturated/α-hetero) is 1. The monoisotopic (exact) mass is 461 g/mol. The van der Waals surface area contributed by atoms with Crippen LogP contribution in [0.1, 0.15) is 57.0 Å². The van der Waals surface area contributed by atoms with Gasteiger partial charge in [-0.3, -0.25) is 9.59 Å². The highest BCUT2D eigenvalue weighted by atomic mass is 35.5. The Labute approximate surface area is 193 Å². The van der Waals surface area contributed by atoms with E-state index in [4.69, 9.17) is 16.0 Å². The van der Waals surface area contributed by atoms with E-state index in [1.54, 1.807) is 12.1 Å². The first kappa shape index (κ1) is 25.6. The minimum absolute atomic E-state index is 0.00768. The van der Waals surface area contributed by atoms with E-state index < -0.39 is 20.7 Å². The first-order chi connectivity index (χ1) is 14.5. The summed E-state index contributed by atoms with van der Waals surface area (Å²) in [6, 6.07) is 3.48. The fourth-order valence-electron chi connectivity index (χ4n) is 3.50. The van der Waals surface area contributed by atoms with Gasteiger partial charge in [0.25, 0.3) is 11.7 Å². The highest BCUT2D eigenvalue weighted by Crippen LogP contribution is 2.35. The number of hydrogen-bond acceptors (Lipinski definition) is 4. The second-order valence-electron chi connectivity index (χ2n) is 9.05. The highest BCUT2D eigenvalue weighted by molar-refractivity contribution is 6.55. The summed E-state index contributed by atoms with van der Waals surface area (Å²) in [5.41, 5.74) is 1.55. The Kier molecular flexibility index (Phi) is 8.90. The van der Waals surface area contributed by atoms with Crippen LogP contribution < -0.4 is 4.90 Å². The summed E-state index contributed by atoms with van der Waals surface area (Å²) in [5, 5.41) is 0.279. The Balaban J connectivity index is 2.28. The zero-order valence-corrected chi connectivity index (χ0v) is 21.5. The Morgan fingerprint density at radius 2 is 1.84 bits per heavy atom. The molecule has 0 aromatic heterocycles. The van der Waals surface area contributed by atoms with Gasteiger partial charge in [0.2, 0.25) is 9.04 Å². The van der Waals surface area contributed by atoms with Crippen molar-refractivity contribution in [1.82, 2.24) is 4.90 Å². The molecule has 1 unspecified atom stereocenters. The molecule has 0 spiro atoms. The Bertz CT molecular complexity index is 879. The number of carbonyl (C=O) groups excluding carboxylic acids is 2. The summed E-state index contributed by atoms with van der Waals surface area (Å²) in [6.07, 6.45) is 0.653. The van der Waals surface area contributed by atoms with Crippen LogP contribution in [-0.2, 0) is 9.22 Å². The molecular formula is C24H34ClN2O3Si. The van der Waals surface area contributed by atoms with Gasteiger partial charge in [-0.05, 0) is 43.7 Å². The molecule has 1 atom stereocenters. The normalized spacial score (nSPS) is 14.8. The number of rotatable bonds is 8. The van der Waals surface area contributed by atoms with Crippen LogP contribution in [0.15, 0.2) is 12.1 Å². The van der Waals surface area contributed by atoms with Crippen LogP contribution in [0.2, 0.25) is 18.1 Å². The maximum Gasteiger partial charge on any atom is 0.299 e. The van der Waals surface area contributed by atoms with Gasteiger partial charge in [-0.15, -0.1) is 0 Å². The van der Waals surface area contributed by atoms with Crippen molar-refractivity contribution in [1.29, 1.82) is 0 Å². The molecular weight excluding hydrogens is 428 g/mol. The van der Waals surface area contributed by atoms with Crippen molar-refractivity contribution in [3.05, 3.63) is 28.3 Å². The third-order valence-electron chi connectivity index (χ3n) is 5.43. The van der Waals surface area contributed by atoms with Crippen LogP contribution in [-0.4, -0.2) is 57.9 Å². The topological polar surface area (TPSA) is 49.9 Å². The lowest BCUT2D eigenvalue weighted by atomic mass is 9.87. The minimum atomic E-state index is -0.836. The molecule has 1 aliphatic heterocycles. The number of amides is 1. The molecule has 1 radical (unpaired) electrons. The molecule has 0 saturated carbocycles. The molecule has 1 aromatic carbocycles. The van der Waals surface area contributed by atoms with E-state index in [1.165, 1.54) is 4.90 Å². The molecule has 0 fully saturated rings. The Hall–Kier alpha value is -1.65. The molecule has 2 rings (SSSR count). The van der Waals surface area contributed by atoms with Crippen molar-refractivity contribution < 1.29 is 14.0 Å². The molecule has 1 heterocycles. The Morgan fingerprint density at radius 3 is 2.39 bits per heavy atom. The van der Waals surface area contributed by atoms with Gasteiger partial charge in [0.15, 0.2) is 0 Å². The van der Waals surface area contributed by atoms with E-state index in [-0.39, 0.29) is 22.1 Å². The van der Waals surface area contributed by atoms with Crippen LogP contribution in [0.4, 0.5) is 5.69 Å². The number of ketones is 1. The van der Waals surface area contributed by atoms with Crippen molar-refractivity contribution in [2.45, 2.75) is 60.2 Å². The van der Waals surface area contributed by atoms with Gasteiger partial charge < -0.3 is 14.2 Å². The van der Waals surface area contributed by atoms with Crippen molar-refractivity contribution in [2.75, 3.05) is 31.1 Å². The van der Waals surface area contributed by atoms with Crippen molar-refractivity contribution in [3.8, 4) is 11.8 Å². The molecule has 0 bridgehead atoms. The van der Waals surface area contributed by atoms with Gasteiger partial charge in [-0.25, -0.2) is 0 Å². The third-order valence-corrected chi connectivity index (χ3v) is 6.48. The van der Waals surface area contributed by atoms with Crippen molar-refractivity contribution in [2.24, 2.45) is 5.41 Å². The predicted octanol–water partition coefficient (Wildman–Crippen LogP) is 4.64. The number of anilines is 1. The highest BCUT2D eigenvalue weighted by Gasteiger charge is 2.37. The van der Waals surface area contributed by atoms with Gasteiger partial charge in [-0.2, -0.15) is 0 Å². The van der Waals surface area contributed by atoms with Gasteiger partial charge in [0.1, 0.15) is 0 Å². The van der Waals surface area contributed by atoms with Crippen LogP contribution in [0, 0.1) is 17.3 Å². The third kappa shape index (κ3) is 6.42. The molecule has 0 aliphatic carbocycles. The fourth-order valence-corrected chi connectivity index (χ4v) is 4.81. The van der Waals surface area contributed by atoms with Crippen LogP contribution in [0.25, 0.3) is 0 Å². The largest absolute Gasteiger partial charge is 0.413 e. The van der Waals surface area contributed by atoms with Gasteiger partial charge in [0, 0.05) is 25.1 Å². The van der Waals surface area contributed by atoms with Crippen LogP contribution in [0.3, 0.4) is 0 Å². The minimum Gasteiger partial charge on any atom is -0.413 e. The summed E-state index contributed by atoms with van der Waals surface area (Å²) < 4.78 is 6.14. The maximum atomic E-state index is 12.6. The number of fused-ring (bicyclic) bond motifs is 1. The summed E-state index contributed by atoms with van der Waals surface area (Å²) in [4.78, 5) is 28.8. The SMILES string of the molecule is CCN(CC)CCN1C(=O)C(=O)c2c(Cl)cc(C#CCC(O[Si](C)C)C(C)(C)C)cc21. The van der Waals surface area contributed by atoms with E-state index in [0.717, 1.165) is 13.1 Å². The van der Waals surface area contributed by atoms with E-state index in [9.17, 15) is 9.59 Å². The number of hydrogen-bond donors (Lipinski definition) is 0. The summed E-state index contributed by atoms with van der Waals surface area (Å²) >= 11 is 6.40. The maximum absolute atomic E-state index is 12.6. The second kappa shape index (κ2) is 10.8. The number of nitrogens with zero attached hydrogens (tertiary/aromatic N) is 2. The lowest BCUT2D eigenvalue weighted by Gasteiger charge is -2.31. The molecule has 5 nitrogen and oxygen atoms in total. The summed E-state index contributed by atoms with van der Waals surface area (Å²) in [7, 11) is -0.836. The molecule has 1 amide bonds. The molecule has 7 heteroatoms. The molecule has 169 valence electrons. The van der Waals surface area contributed by atoms with E-state index in [2.05, 4.69) is 64.5 Å². The molecule has 1 aliphatic rings. The molecule has 31 heavy (non-hydrogen) atoms. The fraction of sp³-hybridized carbons (Fsp3) is 0.583. The summed E-state index contributed by atoms with van der Waals surface area (Å²) in [6.45, 7) is 17.8. The number of carbonyl (C=O) groups is 2. The average molecular weight is 462 g/mol. The van der Waals surface area contributed by atoms with E-state index in [0.29, 0.717) is 30.8 Å². The second-order valence-corrected chi connectivity index (χ2v) is 11.5. The summed E-state index contributed by atoms with van der Waals surface area (Å²) in [5.74, 6) is 5.33. The zero-order valence-electron chi connectivity index (χ0n) is 19.8. The van der Waals surface area contributed by atoms with Gasteiger partial charge >= 0.3 is 0 Å². The molecule has 1 aromatic rings. The molecule has 0 saturated heterocycles. The van der Waals surface area contributed by atoms with Gasteiger partial charge in [0.05, 0.1) is 22.4 Å². The van der Waals surface area contributed by atoms with E-state index >= 15 is 0 Å². The van der Waals surface area contributed by atoms with Gasteiger partial charge in [-0.1, -0.05) is 58.1 Å². The smallest absolute Gasteiger partial charge is 0.299 e. The van der Waals surface area contributed by atoms with Crippen LogP contribution in [0.5, 0.6) is 0 Å². The first-order valence-corrected chi connectivity index (χ1v) is 13.7. The standard InChI is InChI=1S/C24H34ClN2O3Si/c1-8-26(9-2)13-14-27-19-16-17(15-18(25)21(19)22(28)23(27)29)11-10-12-20(24(3,4)5)30-31(6)7/h15-16,20H,8-9,12-14H2,1-7H3. The average Bonchev–Trinajstić information content (AvgIpc) is 2.91. The molecule has 0 N–H and O–H groups in total. The predicted molar refractivity (Wildman–Crippen MR) is 129 cm³/mol. The number of benzene rings is 1. The Morgan fingerprint density at radius 1 is 1.19 bits per heavy atom. The van der Waals surface area contributed by atoms with Crippen LogP contribution >= 0.6 is 11.6 Å². The van der Waals surface area contributed by atoms with Crippen molar-refractivity contribution >= 4 is 38.0 Å². The lowest BCUT2D eigenvalue weighted by Crippen LogP contribution is -2.38. The zero-order chi connectivity index (χ0) is 23.3. The number of halogens is 1. The quantitative estimate of drug-likeness (QED) is 0.321. The van der Waals surface area contributed by atoms with Crippen molar-refractivity contribution in [3.63, 3.8) is 0 Å². The lowest BCUT2D eigenvalue weighted by molar-refractivity contribution is -0.114. The van der Waals surface area contributed by atoms with E-state index in [1.807, 2.05) is 0 Å².